The Hall–Kier alpha value is -1.59. The first-order valence-electron chi connectivity index (χ1n) is 6.56. The Morgan fingerprint density at radius 2 is 2.00 bits per heavy atom. The molecule has 0 bridgehead atoms. The third-order valence-corrected chi connectivity index (χ3v) is 2.94. The number of hydrogen-bond acceptors (Lipinski definition) is 4. The smallest absolute Gasteiger partial charge is 0.315 e. The molecule has 0 aliphatic rings. The van der Waals surface area contributed by atoms with E-state index < -0.39 is 29.5 Å². The number of rotatable bonds is 5. The van der Waals surface area contributed by atoms with Gasteiger partial charge in [0.05, 0.1) is 12.3 Å². The first-order valence-corrected chi connectivity index (χ1v) is 6.93. The van der Waals surface area contributed by atoms with Gasteiger partial charge in [0.25, 0.3) is 0 Å². The van der Waals surface area contributed by atoms with E-state index in [0.29, 0.717) is 10.6 Å². The van der Waals surface area contributed by atoms with Gasteiger partial charge in [-0.15, -0.1) is 0 Å². The maximum atomic E-state index is 12.4. The van der Waals surface area contributed by atoms with Crippen molar-refractivity contribution in [3.05, 3.63) is 34.9 Å². The van der Waals surface area contributed by atoms with Crippen LogP contribution in [0.1, 0.15) is 38.7 Å². The highest BCUT2D eigenvalue weighted by Crippen LogP contribution is 2.26. The largest absolute Gasteiger partial charge is 0.481 e. The zero-order valence-electron chi connectivity index (χ0n) is 12.3. The van der Waals surface area contributed by atoms with Gasteiger partial charge < -0.3 is 15.6 Å². The van der Waals surface area contributed by atoms with E-state index in [1.165, 1.54) is 0 Å². The first-order chi connectivity index (χ1) is 9.60. The van der Waals surface area contributed by atoms with Crippen molar-refractivity contribution in [2.24, 2.45) is 5.73 Å². The summed E-state index contributed by atoms with van der Waals surface area (Å²) in [7, 11) is 0. The summed E-state index contributed by atoms with van der Waals surface area (Å²) in [5.74, 6) is -2.50. The van der Waals surface area contributed by atoms with E-state index in [-0.39, 0.29) is 6.42 Å². The molecule has 0 aliphatic carbocycles. The van der Waals surface area contributed by atoms with Crippen molar-refractivity contribution in [2.45, 2.75) is 44.8 Å². The maximum absolute atomic E-state index is 12.4. The van der Waals surface area contributed by atoms with E-state index in [0.717, 1.165) is 0 Å². The third-order valence-electron chi connectivity index (χ3n) is 2.71. The fraction of sp³-hybridized carbons (Fsp3) is 0.467. The van der Waals surface area contributed by atoms with E-state index in [2.05, 4.69) is 0 Å². The molecule has 1 aromatic rings. The summed E-state index contributed by atoms with van der Waals surface area (Å²) >= 11 is 5.93. The monoisotopic (exact) mass is 313 g/mol. The fourth-order valence-corrected chi connectivity index (χ4v) is 2.14. The van der Waals surface area contributed by atoms with Crippen LogP contribution in [0.3, 0.4) is 0 Å². The van der Waals surface area contributed by atoms with Crippen molar-refractivity contribution in [1.29, 1.82) is 0 Å². The van der Waals surface area contributed by atoms with Crippen LogP contribution in [-0.4, -0.2) is 28.7 Å². The standard InChI is InChI=1S/C15H20ClNO4/c1-15(2,3)21-14(20)13(11(17)8-12(18)19)9-5-4-6-10(16)7-9/h4-7,11,13H,8,17H2,1-3H3,(H,18,19). The van der Waals surface area contributed by atoms with Gasteiger partial charge in [-0.2, -0.15) is 0 Å². The van der Waals surface area contributed by atoms with Gasteiger partial charge in [-0.05, 0) is 38.5 Å². The molecule has 0 fully saturated rings. The van der Waals surface area contributed by atoms with Crippen LogP contribution in [0.15, 0.2) is 24.3 Å². The van der Waals surface area contributed by atoms with Crippen molar-refractivity contribution in [2.75, 3.05) is 0 Å². The number of carbonyl (C=O) groups excluding carboxylic acids is 1. The second-order valence-corrected chi connectivity index (χ2v) is 6.26. The normalized spacial score (nSPS) is 14.3. The number of nitrogens with two attached hydrogens (primary N) is 1. The van der Waals surface area contributed by atoms with Crippen molar-refractivity contribution in [3.8, 4) is 0 Å². The molecule has 5 nitrogen and oxygen atoms in total. The van der Waals surface area contributed by atoms with Gasteiger partial charge in [-0.3, -0.25) is 9.59 Å². The molecule has 0 heterocycles. The Morgan fingerprint density at radius 1 is 1.38 bits per heavy atom. The minimum absolute atomic E-state index is 0.337. The molecule has 6 heteroatoms. The van der Waals surface area contributed by atoms with Gasteiger partial charge in [0.2, 0.25) is 0 Å². The predicted octanol–water partition coefficient (Wildman–Crippen LogP) is 2.57. The molecule has 2 unspecified atom stereocenters. The Kier molecular flexibility index (Phi) is 5.75. The van der Waals surface area contributed by atoms with E-state index in [9.17, 15) is 9.59 Å². The summed E-state index contributed by atoms with van der Waals surface area (Å²) in [5.41, 5.74) is 5.76. The zero-order valence-corrected chi connectivity index (χ0v) is 13.1. The lowest BCUT2D eigenvalue weighted by molar-refractivity contribution is -0.157. The number of carboxylic acids is 1. The second kappa shape index (κ2) is 6.91. The minimum Gasteiger partial charge on any atom is -0.481 e. The molecule has 0 radical (unpaired) electrons. The number of benzene rings is 1. The summed E-state index contributed by atoms with van der Waals surface area (Å²) in [5, 5.41) is 9.34. The van der Waals surface area contributed by atoms with Crippen LogP contribution in [0.4, 0.5) is 0 Å². The first kappa shape index (κ1) is 17.5. The Bertz CT molecular complexity index is 525. The Morgan fingerprint density at radius 3 is 2.48 bits per heavy atom. The summed E-state index contributed by atoms with van der Waals surface area (Å²) in [4.78, 5) is 23.2. The molecule has 0 saturated heterocycles. The highest BCUT2D eigenvalue weighted by molar-refractivity contribution is 6.30. The molecule has 1 rings (SSSR count). The van der Waals surface area contributed by atoms with Crippen LogP contribution >= 0.6 is 11.6 Å². The van der Waals surface area contributed by atoms with E-state index in [1.807, 2.05) is 0 Å². The molecule has 0 spiro atoms. The second-order valence-electron chi connectivity index (χ2n) is 5.83. The fourth-order valence-electron chi connectivity index (χ4n) is 1.94. The molecule has 0 aliphatic heterocycles. The molecule has 0 saturated carbocycles. The minimum atomic E-state index is -1.07. The summed E-state index contributed by atoms with van der Waals surface area (Å²) in [6.07, 6.45) is -0.337. The van der Waals surface area contributed by atoms with Crippen molar-refractivity contribution in [1.82, 2.24) is 0 Å². The van der Waals surface area contributed by atoms with Crippen LogP contribution in [0.2, 0.25) is 5.02 Å². The van der Waals surface area contributed by atoms with Crippen molar-refractivity contribution in [3.63, 3.8) is 0 Å². The van der Waals surface area contributed by atoms with Gasteiger partial charge in [-0.25, -0.2) is 0 Å². The summed E-state index contributed by atoms with van der Waals surface area (Å²) in [6, 6.07) is 5.73. The average molecular weight is 314 g/mol. The van der Waals surface area contributed by atoms with Gasteiger partial charge in [0, 0.05) is 11.1 Å². The number of aliphatic carboxylic acids is 1. The van der Waals surface area contributed by atoms with Crippen LogP contribution < -0.4 is 5.73 Å². The van der Waals surface area contributed by atoms with Crippen molar-refractivity contribution >= 4 is 23.5 Å². The van der Waals surface area contributed by atoms with Crippen LogP contribution in [0.5, 0.6) is 0 Å². The van der Waals surface area contributed by atoms with Gasteiger partial charge >= 0.3 is 11.9 Å². The molecule has 0 amide bonds. The Balaban J connectivity index is 3.10. The average Bonchev–Trinajstić information content (AvgIpc) is 2.25. The SMILES string of the molecule is CC(C)(C)OC(=O)C(c1cccc(Cl)c1)C(N)CC(=O)O. The molecular formula is C15H20ClNO4. The molecule has 1 aromatic carbocycles. The lowest BCUT2D eigenvalue weighted by Crippen LogP contribution is -2.39. The number of ether oxygens (including phenoxy) is 1. The van der Waals surface area contributed by atoms with Gasteiger partial charge in [0.1, 0.15) is 5.60 Å². The lowest BCUT2D eigenvalue weighted by Gasteiger charge is -2.27. The number of hydrogen-bond donors (Lipinski definition) is 2. The quantitative estimate of drug-likeness (QED) is 0.815. The molecule has 2 atom stereocenters. The third kappa shape index (κ3) is 5.73. The Labute approximate surface area is 129 Å². The number of carboxylic acid groups (broad SMARTS) is 1. The lowest BCUT2D eigenvalue weighted by atomic mass is 9.90. The molecule has 0 aromatic heterocycles. The van der Waals surface area contributed by atoms with E-state index in [4.69, 9.17) is 27.2 Å². The summed E-state index contributed by atoms with van der Waals surface area (Å²) in [6.45, 7) is 5.22. The van der Waals surface area contributed by atoms with Crippen LogP contribution in [0, 0.1) is 0 Å². The number of esters is 1. The molecular weight excluding hydrogens is 294 g/mol. The molecule has 21 heavy (non-hydrogen) atoms. The van der Waals surface area contributed by atoms with E-state index in [1.54, 1.807) is 45.0 Å². The van der Waals surface area contributed by atoms with E-state index >= 15 is 0 Å². The summed E-state index contributed by atoms with van der Waals surface area (Å²) < 4.78 is 5.34. The van der Waals surface area contributed by atoms with Crippen molar-refractivity contribution < 1.29 is 19.4 Å². The topological polar surface area (TPSA) is 89.6 Å². The maximum Gasteiger partial charge on any atom is 0.315 e. The van der Waals surface area contributed by atoms with Gasteiger partial charge in [0.15, 0.2) is 0 Å². The zero-order chi connectivity index (χ0) is 16.2. The molecule has 3 N–H and O–H groups in total. The highest BCUT2D eigenvalue weighted by atomic mass is 35.5. The number of carbonyl (C=O) groups is 2. The van der Waals surface area contributed by atoms with Crippen LogP contribution in [-0.2, 0) is 14.3 Å². The predicted molar refractivity (Wildman–Crippen MR) is 80.3 cm³/mol. The molecule has 116 valence electrons. The number of halogens is 1. The highest BCUT2D eigenvalue weighted by Gasteiger charge is 2.33. The van der Waals surface area contributed by atoms with Gasteiger partial charge in [-0.1, -0.05) is 23.7 Å². The van der Waals surface area contributed by atoms with Crippen LogP contribution in [0.25, 0.3) is 0 Å².